The third-order valence-corrected chi connectivity index (χ3v) is 6.67. The fraction of sp³-hybridized carbons (Fsp3) is 0.522. The van der Waals surface area contributed by atoms with Crippen molar-refractivity contribution >= 4 is 24.2 Å². The Hall–Kier alpha value is -2.84. The largest absolute Gasteiger partial charge is 0.449 e. The van der Waals surface area contributed by atoms with Crippen LogP contribution in [0.15, 0.2) is 12.1 Å². The van der Waals surface area contributed by atoms with Gasteiger partial charge < -0.3 is 25.2 Å². The van der Waals surface area contributed by atoms with Crippen LogP contribution in [0.3, 0.4) is 0 Å². The average molecular weight is 570 g/mol. The molecule has 2 aliphatic rings. The Kier molecular flexibility index (Phi) is 8.99. The van der Waals surface area contributed by atoms with Crippen molar-refractivity contribution in [3.8, 4) is 0 Å². The van der Waals surface area contributed by atoms with Crippen LogP contribution < -0.4 is 5.73 Å². The van der Waals surface area contributed by atoms with Crippen molar-refractivity contribution in [2.75, 3.05) is 19.7 Å². The molecule has 8 nitrogen and oxygen atoms in total. The number of nitrogens with zero attached hydrogens (tertiary/aromatic N) is 4. The van der Waals surface area contributed by atoms with E-state index in [-0.39, 0.29) is 69.3 Å². The number of alkyl halides is 3. The van der Waals surface area contributed by atoms with E-state index in [0.29, 0.717) is 25.0 Å². The molecular formula is C23H26ClF6N5O3. The van der Waals surface area contributed by atoms with Crippen molar-refractivity contribution in [2.24, 2.45) is 5.73 Å². The number of likely N-dealkylation sites (tertiary alicyclic amines) is 1. The van der Waals surface area contributed by atoms with Gasteiger partial charge in [-0.15, -0.1) is 12.4 Å². The molecule has 3 N–H and O–H groups in total. The highest BCUT2D eigenvalue weighted by Crippen LogP contribution is 2.33. The van der Waals surface area contributed by atoms with Crippen LogP contribution in [0.4, 0.5) is 26.3 Å². The molecule has 1 fully saturated rings. The molecule has 38 heavy (non-hydrogen) atoms. The number of rotatable bonds is 6. The van der Waals surface area contributed by atoms with Gasteiger partial charge in [-0.3, -0.25) is 9.59 Å². The van der Waals surface area contributed by atoms with Gasteiger partial charge in [-0.2, -0.15) is 13.2 Å². The average Bonchev–Trinajstić information content (AvgIpc) is 3.46. The van der Waals surface area contributed by atoms with Gasteiger partial charge in [-0.25, -0.2) is 18.2 Å². The molecule has 3 heterocycles. The molecule has 0 aliphatic carbocycles. The van der Waals surface area contributed by atoms with Crippen molar-refractivity contribution in [2.45, 2.75) is 57.0 Å². The first-order valence-corrected chi connectivity index (χ1v) is 11.7. The van der Waals surface area contributed by atoms with Crippen LogP contribution >= 0.6 is 12.4 Å². The zero-order valence-electron chi connectivity index (χ0n) is 20.0. The highest BCUT2D eigenvalue weighted by atomic mass is 35.5. The molecule has 2 unspecified atom stereocenters. The first-order chi connectivity index (χ1) is 17.4. The number of fused-ring (bicyclic) bond motifs is 1. The minimum atomic E-state index is -4.84. The number of aliphatic hydroxyl groups is 1. The predicted octanol–water partition coefficient (Wildman–Crippen LogP) is 2.64. The van der Waals surface area contributed by atoms with Crippen molar-refractivity contribution in [1.82, 2.24) is 19.4 Å². The number of aliphatic hydroxyl groups excluding tert-OH is 1. The quantitative estimate of drug-likeness (QED) is 0.411. The number of nitrogens with two attached hydrogens (primary N) is 1. The standard InChI is InChI=1S/C23H25F6N5O3.ClH/c24-15-9-17(26)16(25)7-12(15)6-13(30)8-19(36)32-4-5-34-18(10-32)20(31-22(34)23(27,28)29)21(37)33-3-1-2-14(33)11-35;/h7,9,13-14,35H,1-6,8,10-11,30H2;1H. The maximum absolute atomic E-state index is 13.9. The molecule has 1 aromatic heterocycles. The number of carbonyl (C=O) groups excluding carboxylic acids is 2. The second-order valence-corrected chi connectivity index (χ2v) is 9.20. The molecular weight excluding hydrogens is 544 g/mol. The van der Waals surface area contributed by atoms with E-state index in [4.69, 9.17) is 5.73 Å². The molecule has 2 aromatic rings. The second kappa shape index (κ2) is 11.5. The van der Waals surface area contributed by atoms with Gasteiger partial charge in [0.2, 0.25) is 11.7 Å². The van der Waals surface area contributed by atoms with Gasteiger partial charge in [-0.05, 0) is 30.9 Å². The van der Waals surface area contributed by atoms with Gasteiger partial charge in [0.15, 0.2) is 17.3 Å². The van der Waals surface area contributed by atoms with E-state index in [0.717, 1.165) is 4.57 Å². The Labute approximate surface area is 219 Å². The summed E-state index contributed by atoms with van der Waals surface area (Å²) in [6.07, 6.45) is -4.37. The Morgan fingerprint density at radius 3 is 2.45 bits per heavy atom. The molecule has 0 radical (unpaired) electrons. The summed E-state index contributed by atoms with van der Waals surface area (Å²) < 4.78 is 82.4. The van der Waals surface area contributed by atoms with Crippen LogP contribution in [0.2, 0.25) is 0 Å². The maximum atomic E-state index is 13.9. The van der Waals surface area contributed by atoms with E-state index >= 15 is 0 Å². The summed E-state index contributed by atoms with van der Waals surface area (Å²) >= 11 is 0. The van der Waals surface area contributed by atoms with Gasteiger partial charge in [0.25, 0.3) is 5.91 Å². The number of halogens is 7. The van der Waals surface area contributed by atoms with E-state index in [9.17, 15) is 41.0 Å². The number of imidazole rings is 1. The van der Waals surface area contributed by atoms with E-state index in [1.807, 2.05) is 0 Å². The number of aromatic nitrogens is 2. The normalized spacial score (nSPS) is 18.3. The van der Waals surface area contributed by atoms with E-state index in [1.54, 1.807) is 0 Å². The van der Waals surface area contributed by atoms with Crippen LogP contribution in [-0.4, -0.2) is 68.1 Å². The van der Waals surface area contributed by atoms with E-state index in [2.05, 4.69) is 4.98 Å². The van der Waals surface area contributed by atoms with Crippen molar-refractivity contribution < 1.29 is 41.0 Å². The third kappa shape index (κ3) is 5.91. The predicted molar refractivity (Wildman–Crippen MR) is 124 cm³/mol. The summed E-state index contributed by atoms with van der Waals surface area (Å²) in [7, 11) is 0. The maximum Gasteiger partial charge on any atom is 0.449 e. The second-order valence-electron chi connectivity index (χ2n) is 9.20. The molecule has 2 aliphatic heterocycles. The Bertz CT molecular complexity index is 1210. The van der Waals surface area contributed by atoms with Crippen molar-refractivity contribution in [3.05, 3.63) is 52.4 Å². The van der Waals surface area contributed by atoms with E-state index in [1.165, 1.54) is 9.80 Å². The summed E-state index contributed by atoms with van der Waals surface area (Å²) in [6, 6.07) is -0.484. The van der Waals surface area contributed by atoms with Crippen LogP contribution in [0, 0.1) is 17.5 Å². The zero-order chi connectivity index (χ0) is 27.1. The van der Waals surface area contributed by atoms with Gasteiger partial charge in [0, 0.05) is 38.2 Å². The van der Waals surface area contributed by atoms with Gasteiger partial charge >= 0.3 is 6.18 Å². The summed E-state index contributed by atoms with van der Waals surface area (Å²) in [6.45, 7) is -0.807. The molecule has 2 amide bonds. The zero-order valence-corrected chi connectivity index (χ0v) is 20.8. The van der Waals surface area contributed by atoms with E-state index < -0.39 is 59.0 Å². The minimum Gasteiger partial charge on any atom is -0.394 e. The number of carbonyl (C=O) groups is 2. The van der Waals surface area contributed by atoms with Crippen molar-refractivity contribution in [3.63, 3.8) is 0 Å². The highest BCUT2D eigenvalue weighted by molar-refractivity contribution is 5.94. The molecule has 210 valence electrons. The monoisotopic (exact) mass is 569 g/mol. The lowest BCUT2D eigenvalue weighted by atomic mass is 10.0. The Morgan fingerprint density at radius 1 is 1.11 bits per heavy atom. The first kappa shape index (κ1) is 29.7. The number of hydrogen-bond donors (Lipinski definition) is 2. The van der Waals surface area contributed by atoms with Crippen LogP contribution in [0.25, 0.3) is 0 Å². The molecule has 2 atom stereocenters. The lowest BCUT2D eigenvalue weighted by Gasteiger charge is -2.31. The van der Waals surface area contributed by atoms with Gasteiger partial charge in [0.1, 0.15) is 5.82 Å². The van der Waals surface area contributed by atoms with Gasteiger partial charge in [-0.1, -0.05) is 0 Å². The topological polar surface area (TPSA) is 105 Å². The SMILES string of the molecule is Cl.NC(CC(=O)N1CCn2c(C(F)(F)F)nc(C(=O)N3CCCC3CO)c2C1)Cc1cc(F)c(F)cc1F. The minimum absolute atomic E-state index is 0. The van der Waals surface area contributed by atoms with Crippen LogP contribution in [0.1, 0.15) is 46.8 Å². The molecule has 1 saturated heterocycles. The summed E-state index contributed by atoms with van der Waals surface area (Å²) in [5.41, 5.74) is 5.20. The summed E-state index contributed by atoms with van der Waals surface area (Å²) in [4.78, 5) is 32.1. The van der Waals surface area contributed by atoms with Crippen LogP contribution in [-0.2, 0) is 30.5 Å². The molecule has 0 spiro atoms. The molecule has 15 heteroatoms. The molecule has 4 rings (SSSR count). The third-order valence-electron chi connectivity index (χ3n) is 6.67. The number of amides is 2. The summed E-state index contributed by atoms with van der Waals surface area (Å²) in [5, 5.41) is 9.53. The lowest BCUT2D eigenvalue weighted by molar-refractivity contribution is -0.148. The van der Waals surface area contributed by atoms with Gasteiger partial charge in [0.05, 0.1) is 24.9 Å². The fourth-order valence-corrected chi connectivity index (χ4v) is 4.83. The molecule has 0 bridgehead atoms. The smallest absolute Gasteiger partial charge is 0.394 e. The fourth-order valence-electron chi connectivity index (χ4n) is 4.83. The molecule has 0 saturated carbocycles. The van der Waals surface area contributed by atoms with Crippen LogP contribution in [0.5, 0.6) is 0 Å². The first-order valence-electron chi connectivity index (χ1n) is 11.7. The lowest BCUT2D eigenvalue weighted by Crippen LogP contribution is -2.43. The number of hydrogen-bond acceptors (Lipinski definition) is 5. The Balaban J connectivity index is 0.00000400. The van der Waals surface area contributed by atoms with Crippen molar-refractivity contribution in [1.29, 1.82) is 0 Å². The highest BCUT2D eigenvalue weighted by Gasteiger charge is 2.43. The molecule has 1 aromatic carbocycles. The number of benzene rings is 1. The summed E-state index contributed by atoms with van der Waals surface area (Å²) in [5.74, 6) is -6.21. The Morgan fingerprint density at radius 2 is 1.79 bits per heavy atom.